The van der Waals surface area contributed by atoms with Gasteiger partial charge in [-0.15, -0.1) is 0 Å². The van der Waals surface area contributed by atoms with E-state index in [1.165, 1.54) is 12.1 Å². The predicted molar refractivity (Wildman–Crippen MR) is 60.2 cm³/mol. The molecule has 0 unspecified atom stereocenters. The van der Waals surface area contributed by atoms with E-state index >= 15 is 0 Å². The van der Waals surface area contributed by atoms with Crippen LogP contribution in [0.15, 0.2) is 27.8 Å². The van der Waals surface area contributed by atoms with Gasteiger partial charge in [-0.25, -0.2) is 14.0 Å². The Hall–Kier alpha value is -2.95. The number of anilines is 1. The van der Waals surface area contributed by atoms with Crippen molar-refractivity contribution in [2.45, 2.75) is 0 Å². The van der Waals surface area contributed by atoms with Crippen molar-refractivity contribution in [3.05, 3.63) is 35.3 Å². The van der Waals surface area contributed by atoms with Crippen LogP contribution in [-0.2, 0) is 0 Å². The summed E-state index contributed by atoms with van der Waals surface area (Å²) in [5.74, 6) is -0.666. The third-order valence-electron chi connectivity index (χ3n) is 2.08. The monoisotopic (exact) mass is 246 g/mol. The number of aliphatic imine (C=N–C) groups is 1. The second kappa shape index (κ2) is 4.50. The standard InChI is InChI=1S/C10H7FN6O/c11-7-2-1-6(3-5(7)4-12)15-9(13)8-10(14)17-18-16-8/h1-3H,(H2,13,15)(H2,14,17). The van der Waals surface area contributed by atoms with Crippen molar-refractivity contribution in [3.63, 3.8) is 0 Å². The number of rotatable bonds is 2. The average molecular weight is 246 g/mol. The zero-order valence-corrected chi connectivity index (χ0v) is 8.96. The summed E-state index contributed by atoms with van der Waals surface area (Å²) in [6, 6.07) is 5.44. The van der Waals surface area contributed by atoms with Crippen LogP contribution in [0.25, 0.3) is 0 Å². The van der Waals surface area contributed by atoms with Gasteiger partial charge in [-0.3, -0.25) is 0 Å². The van der Waals surface area contributed by atoms with Crippen LogP contribution < -0.4 is 11.5 Å². The van der Waals surface area contributed by atoms with Crippen molar-refractivity contribution in [1.82, 2.24) is 10.3 Å². The third-order valence-corrected chi connectivity index (χ3v) is 2.08. The lowest BCUT2D eigenvalue weighted by Gasteiger charge is -1.98. The molecule has 0 aliphatic heterocycles. The van der Waals surface area contributed by atoms with Crippen LogP contribution in [0.5, 0.6) is 0 Å². The Morgan fingerprint density at radius 2 is 2.22 bits per heavy atom. The molecule has 0 atom stereocenters. The average Bonchev–Trinajstić information content (AvgIpc) is 2.78. The quantitative estimate of drug-likeness (QED) is 0.593. The zero-order valence-electron chi connectivity index (χ0n) is 8.96. The number of amidine groups is 1. The summed E-state index contributed by atoms with van der Waals surface area (Å²) in [4.78, 5) is 3.95. The van der Waals surface area contributed by atoms with Gasteiger partial charge in [0.15, 0.2) is 17.3 Å². The lowest BCUT2D eigenvalue weighted by molar-refractivity contribution is 0.308. The molecule has 1 heterocycles. The van der Waals surface area contributed by atoms with Crippen molar-refractivity contribution in [2.24, 2.45) is 10.7 Å². The van der Waals surface area contributed by atoms with Crippen LogP contribution in [0.2, 0.25) is 0 Å². The number of nitrogen functional groups attached to an aromatic ring is 1. The highest BCUT2D eigenvalue weighted by atomic mass is 19.1. The van der Waals surface area contributed by atoms with E-state index in [9.17, 15) is 4.39 Å². The molecule has 2 aromatic rings. The SMILES string of the molecule is N#Cc1cc(N=C(N)c2nonc2N)ccc1F. The van der Waals surface area contributed by atoms with Gasteiger partial charge in [-0.2, -0.15) is 5.26 Å². The summed E-state index contributed by atoms with van der Waals surface area (Å²) < 4.78 is 17.5. The van der Waals surface area contributed by atoms with E-state index in [1.54, 1.807) is 6.07 Å². The van der Waals surface area contributed by atoms with Gasteiger partial charge >= 0.3 is 0 Å². The second-order valence-corrected chi connectivity index (χ2v) is 3.27. The van der Waals surface area contributed by atoms with Crippen molar-refractivity contribution < 1.29 is 9.02 Å². The van der Waals surface area contributed by atoms with E-state index in [2.05, 4.69) is 19.9 Å². The summed E-state index contributed by atoms with van der Waals surface area (Å²) in [6.07, 6.45) is 0. The molecular weight excluding hydrogens is 239 g/mol. The van der Waals surface area contributed by atoms with Crippen LogP contribution in [-0.4, -0.2) is 16.1 Å². The highest BCUT2D eigenvalue weighted by molar-refractivity contribution is 6.00. The highest BCUT2D eigenvalue weighted by Crippen LogP contribution is 2.18. The smallest absolute Gasteiger partial charge is 0.199 e. The Morgan fingerprint density at radius 3 is 2.83 bits per heavy atom. The van der Waals surface area contributed by atoms with Crippen LogP contribution in [0.1, 0.15) is 11.3 Å². The van der Waals surface area contributed by atoms with E-state index in [0.717, 1.165) is 6.07 Å². The number of nitriles is 1. The molecule has 7 nitrogen and oxygen atoms in total. The van der Waals surface area contributed by atoms with Gasteiger partial charge in [0.1, 0.15) is 11.9 Å². The first-order valence-electron chi connectivity index (χ1n) is 4.74. The first kappa shape index (κ1) is 11.5. The minimum absolute atomic E-state index is 0.00105. The summed E-state index contributed by atoms with van der Waals surface area (Å²) in [5, 5.41) is 15.5. The van der Waals surface area contributed by atoms with Crippen molar-refractivity contribution in [3.8, 4) is 6.07 Å². The van der Waals surface area contributed by atoms with Crippen molar-refractivity contribution in [1.29, 1.82) is 5.26 Å². The van der Waals surface area contributed by atoms with E-state index in [-0.39, 0.29) is 22.9 Å². The molecule has 8 heteroatoms. The molecular formula is C10H7FN6O. The maximum Gasteiger partial charge on any atom is 0.199 e. The van der Waals surface area contributed by atoms with E-state index in [1.807, 2.05) is 0 Å². The van der Waals surface area contributed by atoms with Crippen LogP contribution in [0.3, 0.4) is 0 Å². The fourth-order valence-electron chi connectivity index (χ4n) is 1.23. The lowest BCUT2D eigenvalue weighted by Crippen LogP contribution is -2.15. The summed E-state index contributed by atoms with van der Waals surface area (Å²) in [7, 11) is 0. The number of nitrogens with zero attached hydrogens (tertiary/aromatic N) is 4. The fourth-order valence-corrected chi connectivity index (χ4v) is 1.23. The molecule has 0 amide bonds. The molecule has 18 heavy (non-hydrogen) atoms. The maximum atomic E-state index is 13.1. The molecule has 90 valence electrons. The Kier molecular flexibility index (Phi) is 2.89. The normalized spacial score (nSPS) is 11.2. The molecule has 0 aliphatic carbocycles. The number of hydrogen-bond acceptors (Lipinski definition) is 6. The molecule has 2 rings (SSSR count). The van der Waals surface area contributed by atoms with Gasteiger partial charge < -0.3 is 11.5 Å². The number of benzene rings is 1. The number of halogens is 1. The van der Waals surface area contributed by atoms with Crippen molar-refractivity contribution >= 4 is 17.3 Å². The molecule has 4 N–H and O–H groups in total. The molecule has 1 aromatic carbocycles. The van der Waals surface area contributed by atoms with Crippen LogP contribution >= 0.6 is 0 Å². The van der Waals surface area contributed by atoms with Crippen LogP contribution in [0.4, 0.5) is 15.9 Å². The predicted octanol–water partition coefficient (Wildman–Crippen LogP) is 0.700. The summed E-state index contributed by atoms with van der Waals surface area (Å²) in [6.45, 7) is 0. The van der Waals surface area contributed by atoms with Gasteiger partial charge in [0.2, 0.25) is 0 Å². The third kappa shape index (κ3) is 2.10. The molecule has 0 radical (unpaired) electrons. The molecule has 0 saturated carbocycles. The number of aromatic nitrogens is 2. The molecule has 0 fully saturated rings. The molecule has 0 aliphatic rings. The first-order chi connectivity index (χ1) is 8.61. The fraction of sp³-hybridized carbons (Fsp3) is 0. The van der Waals surface area contributed by atoms with Gasteiger partial charge in [0.25, 0.3) is 0 Å². The zero-order chi connectivity index (χ0) is 13.1. The Balaban J connectivity index is 2.40. The Bertz CT molecular complexity index is 657. The van der Waals surface area contributed by atoms with Crippen LogP contribution in [0, 0.1) is 17.1 Å². The number of hydrogen-bond donors (Lipinski definition) is 2. The minimum Gasteiger partial charge on any atom is -0.382 e. The Labute approximate surface area is 100 Å². The summed E-state index contributed by atoms with van der Waals surface area (Å²) >= 11 is 0. The lowest BCUT2D eigenvalue weighted by atomic mass is 10.2. The van der Waals surface area contributed by atoms with Crippen molar-refractivity contribution in [2.75, 3.05) is 5.73 Å². The molecule has 1 aromatic heterocycles. The largest absolute Gasteiger partial charge is 0.382 e. The van der Waals surface area contributed by atoms with Gasteiger partial charge in [-0.1, -0.05) is 0 Å². The Morgan fingerprint density at radius 1 is 1.44 bits per heavy atom. The van der Waals surface area contributed by atoms with Gasteiger partial charge in [0.05, 0.1) is 11.3 Å². The first-order valence-corrected chi connectivity index (χ1v) is 4.74. The van der Waals surface area contributed by atoms with E-state index in [0.29, 0.717) is 5.69 Å². The minimum atomic E-state index is -0.627. The maximum absolute atomic E-state index is 13.1. The topological polar surface area (TPSA) is 127 Å². The highest BCUT2D eigenvalue weighted by Gasteiger charge is 2.11. The van der Waals surface area contributed by atoms with E-state index < -0.39 is 5.82 Å². The summed E-state index contributed by atoms with van der Waals surface area (Å²) in [5.41, 5.74) is 11.3. The molecule has 0 saturated heterocycles. The molecule has 0 spiro atoms. The van der Waals surface area contributed by atoms with E-state index in [4.69, 9.17) is 16.7 Å². The van der Waals surface area contributed by atoms with Gasteiger partial charge in [-0.05, 0) is 28.5 Å². The van der Waals surface area contributed by atoms with Gasteiger partial charge in [0, 0.05) is 0 Å². The molecule has 0 bridgehead atoms. The number of nitrogens with two attached hydrogens (primary N) is 2. The second-order valence-electron chi connectivity index (χ2n) is 3.27.